The van der Waals surface area contributed by atoms with Crippen LogP contribution in [0.4, 0.5) is 4.39 Å². The second-order valence-corrected chi connectivity index (χ2v) is 10.2. The van der Waals surface area contributed by atoms with Gasteiger partial charge in [0, 0.05) is 56.1 Å². The molecule has 0 saturated carbocycles. The standard InChI is InChI=1S/C28H30FN3O3S/c1-35-23-7-3-5-21(19-23)28(34)32-15-13-30(14-16-32)26(33)9-12-31-11-8-25-24(10-17-36-25)27(31)20-4-2-6-22(29)18-20/h2-7,10,17-19,27H,8-9,11-16H2,1H3. The summed E-state index contributed by atoms with van der Waals surface area (Å²) in [5.74, 6) is 0.460. The summed E-state index contributed by atoms with van der Waals surface area (Å²) in [5.41, 5.74) is 2.73. The summed E-state index contributed by atoms with van der Waals surface area (Å²) in [6.45, 7) is 3.52. The van der Waals surface area contributed by atoms with Crippen molar-refractivity contribution in [3.63, 3.8) is 0 Å². The fourth-order valence-electron chi connectivity index (χ4n) is 5.17. The summed E-state index contributed by atoms with van der Waals surface area (Å²) in [7, 11) is 1.58. The summed E-state index contributed by atoms with van der Waals surface area (Å²) in [5, 5.41) is 2.10. The molecular formula is C28H30FN3O3S. The van der Waals surface area contributed by atoms with Crippen molar-refractivity contribution in [2.24, 2.45) is 0 Å². The fraction of sp³-hybridized carbons (Fsp3) is 0.357. The molecule has 2 aliphatic rings. The minimum atomic E-state index is -0.243. The van der Waals surface area contributed by atoms with Gasteiger partial charge in [-0.1, -0.05) is 18.2 Å². The van der Waals surface area contributed by atoms with Crippen molar-refractivity contribution < 1.29 is 18.7 Å². The topological polar surface area (TPSA) is 53.1 Å². The normalized spacial score (nSPS) is 18.1. The van der Waals surface area contributed by atoms with Gasteiger partial charge in [-0.2, -0.15) is 0 Å². The van der Waals surface area contributed by atoms with Crippen molar-refractivity contribution in [2.45, 2.75) is 18.9 Å². The fourth-order valence-corrected chi connectivity index (χ4v) is 6.08. The van der Waals surface area contributed by atoms with E-state index in [-0.39, 0.29) is 23.7 Å². The number of benzene rings is 2. The second kappa shape index (κ2) is 10.8. The molecule has 1 unspecified atom stereocenters. The van der Waals surface area contributed by atoms with Crippen LogP contribution in [0.15, 0.2) is 60.0 Å². The molecule has 3 aromatic rings. The van der Waals surface area contributed by atoms with E-state index in [0.29, 0.717) is 50.5 Å². The Morgan fingerprint density at radius 1 is 1.00 bits per heavy atom. The highest BCUT2D eigenvalue weighted by Crippen LogP contribution is 2.38. The summed E-state index contributed by atoms with van der Waals surface area (Å²) in [6.07, 6.45) is 1.34. The Bertz CT molecular complexity index is 1240. The van der Waals surface area contributed by atoms with Gasteiger partial charge in [0.2, 0.25) is 5.91 Å². The van der Waals surface area contributed by atoms with Crippen molar-refractivity contribution in [2.75, 3.05) is 46.4 Å². The van der Waals surface area contributed by atoms with E-state index in [9.17, 15) is 14.0 Å². The molecular weight excluding hydrogens is 477 g/mol. The average Bonchev–Trinajstić information content (AvgIpc) is 3.40. The first kappa shape index (κ1) is 24.5. The number of hydrogen-bond acceptors (Lipinski definition) is 5. The number of rotatable bonds is 6. The van der Waals surface area contributed by atoms with Gasteiger partial charge in [-0.25, -0.2) is 4.39 Å². The van der Waals surface area contributed by atoms with Crippen molar-refractivity contribution in [1.82, 2.24) is 14.7 Å². The second-order valence-electron chi connectivity index (χ2n) is 9.20. The first-order valence-corrected chi connectivity index (χ1v) is 13.2. The van der Waals surface area contributed by atoms with Crippen molar-refractivity contribution in [1.29, 1.82) is 0 Å². The largest absolute Gasteiger partial charge is 0.497 e. The molecule has 0 spiro atoms. The Labute approximate surface area is 214 Å². The number of methoxy groups -OCH3 is 1. The van der Waals surface area contributed by atoms with Gasteiger partial charge in [-0.3, -0.25) is 14.5 Å². The van der Waals surface area contributed by atoms with Gasteiger partial charge in [-0.05, 0) is 59.3 Å². The van der Waals surface area contributed by atoms with E-state index in [2.05, 4.69) is 16.3 Å². The monoisotopic (exact) mass is 507 g/mol. The number of halogens is 1. The SMILES string of the molecule is COc1cccc(C(=O)N2CCN(C(=O)CCN3CCc4sccc4C3c3cccc(F)c3)CC2)c1. The number of carbonyl (C=O) groups is 2. The van der Waals surface area contributed by atoms with E-state index in [1.807, 2.05) is 23.1 Å². The van der Waals surface area contributed by atoms with Crippen molar-refractivity contribution in [3.8, 4) is 5.75 Å². The lowest BCUT2D eigenvalue weighted by molar-refractivity contribution is -0.133. The smallest absolute Gasteiger partial charge is 0.254 e. The van der Waals surface area contributed by atoms with Gasteiger partial charge >= 0.3 is 0 Å². The van der Waals surface area contributed by atoms with E-state index in [4.69, 9.17) is 4.74 Å². The molecule has 188 valence electrons. The maximum atomic E-state index is 14.0. The zero-order chi connectivity index (χ0) is 25.1. The molecule has 1 atom stereocenters. The number of fused-ring (bicyclic) bond motifs is 1. The Kier molecular flexibility index (Phi) is 7.34. The van der Waals surface area contributed by atoms with Gasteiger partial charge in [0.1, 0.15) is 11.6 Å². The van der Waals surface area contributed by atoms with Crippen LogP contribution in [-0.2, 0) is 11.2 Å². The molecule has 1 saturated heterocycles. The number of hydrogen-bond donors (Lipinski definition) is 0. The number of ether oxygens (including phenoxy) is 1. The highest BCUT2D eigenvalue weighted by Gasteiger charge is 2.31. The van der Waals surface area contributed by atoms with Crippen LogP contribution in [0, 0.1) is 5.82 Å². The van der Waals surface area contributed by atoms with Gasteiger partial charge in [-0.15, -0.1) is 11.3 Å². The third kappa shape index (κ3) is 5.15. The van der Waals surface area contributed by atoms with Gasteiger partial charge in [0.25, 0.3) is 5.91 Å². The van der Waals surface area contributed by atoms with Crippen LogP contribution in [0.25, 0.3) is 0 Å². The minimum Gasteiger partial charge on any atom is -0.497 e. The summed E-state index contributed by atoms with van der Waals surface area (Å²) in [6, 6.07) is 16.0. The predicted molar refractivity (Wildman–Crippen MR) is 138 cm³/mol. The first-order valence-electron chi connectivity index (χ1n) is 12.3. The van der Waals surface area contributed by atoms with E-state index in [1.54, 1.807) is 47.6 Å². The van der Waals surface area contributed by atoms with Crippen LogP contribution in [0.5, 0.6) is 5.75 Å². The molecule has 36 heavy (non-hydrogen) atoms. The van der Waals surface area contributed by atoms with Crippen LogP contribution in [0.2, 0.25) is 0 Å². The molecule has 0 bridgehead atoms. The molecule has 0 radical (unpaired) electrons. The molecule has 8 heteroatoms. The van der Waals surface area contributed by atoms with Crippen molar-refractivity contribution >= 4 is 23.2 Å². The molecule has 0 N–H and O–H groups in total. The molecule has 2 aromatic carbocycles. The number of amides is 2. The molecule has 1 fully saturated rings. The van der Waals surface area contributed by atoms with E-state index in [1.165, 1.54) is 16.5 Å². The Balaban J connectivity index is 1.19. The first-order chi connectivity index (χ1) is 17.5. The maximum Gasteiger partial charge on any atom is 0.254 e. The van der Waals surface area contributed by atoms with E-state index in [0.717, 1.165) is 18.5 Å². The van der Waals surface area contributed by atoms with Crippen LogP contribution < -0.4 is 4.74 Å². The number of thiophene rings is 1. The number of piperazine rings is 1. The van der Waals surface area contributed by atoms with E-state index < -0.39 is 0 Å². The Morgan fingerprint density at radius 3 is 2.56 bits per heavy atom. The molecule has 5 rings (SSSR count). The van der Waals surface area contributed by atoms with Crippen LogP contribution in [-0.4, -0.2) is 72.9 Å². The molecule has 2 amide bonds. The van der Waals surface area contributed by atoms with E-state index >= 15 is 0 Å². The third-order valence-corrected chi connectivity index (χ3v) is 8.08. The zero-order valence-electron chi connectivity index (χ0n) is 20.4. The molecule has 2 aliphatic heterocycles. The quantitative estimate of drug-likeness (QED) is 0.502. The third-order valence-electron chi connectivity index (χ3n) is 7.08. The Hall–Kier alpha value is -3.23. The zero-order valence-corrected chi connectivity index (χ0v) is 21.2. The Morgan fingerprint density at radius 2 is 1.78 bits per heavy atom. The van der Waals surface area contributed by atoms with Gasteiger partial charge in [0.15, 0.2) is 0 Å². The lowest BCUT2D eigenvalue weighted by Gasteiger charge is -2.38. The maximum absolute atomic E-state index is 14.0. The molecule has 6 nitrogen and oxygen atoms in total. The van der Waals surface area contributed by atoms with Gasteiger partial charge in [0.05, 0.1) is 13.2 Å². The number of nitrogens with zero attached hydrogens (tertiary/aromatic N) is 3. The summed E-state index contributed by atoms with van der Waals surface area (Å²) < 4.78 is 19.3. The average molecular weight is 508 g/mol. The minimum absolute atomic E-state index is 0.0409. The van der Waals surface area contributed by atoms with Crippen LogP contribution in [0.3, 0.4) is 0 Å². The van der Waals surface area contributed by atoms with Gasteiger partial charge < -0.3 is 14.5 Å². The highest BCUT2D eigenvalue weighted by molar-refractivity contribution is 7.10. The van der Waals surface area contributed by atoms with Crippen molar-refractivity contribution in [3.05, 3.63) is 87.4 Å². The lowest BCUT2D eigenvalue weighted by Crippen LogP contribution is -2.51. The highest BCUT2D eigenvalue weighted by atomic mass is 32.1. The summed E-state index contributed by atoms with van der Waals surface area (Å²) >= 11 is 1.75. The lowest BCUT2D eigenvalue weighted by atomic mass is 9.93. The number of carbonyl (C=O) groups excluding carboxylic acids is 2. The molecule has 3 heterocycles. The summed E-state index contributed by atoms with van der Waals surface area (Å²) in [4.78, 5) is 33.2. The van der Waals surface area contributed by atoms with Crippen LogP contribution >= 0.6 is 11.3 Å². The molecule has 0 aliphatic carbocycles. The van der Waals surface area contributed by atoms with Crippen LogP contribution in [0.1, 0.15) is 38.8 Å². The molecule has 1 aromatic heterocycles. The predicted octanol–water partition coefficient (Wildman–Crippen LogP) is 4.22.